The molecule has 1 heterocycles. The van der Waals surface area contributed by atoms with Crippen molar-refractivity contribution in [1.82, 2.24) is 0 Å². The Bertz CT molecular complexity index is 3740. The smallest absolute Gasteiger partial charge is 0.137 e. The molecular formula is C62H45NO. The summed E-state index contributed by atoms with van der Waals surface area (Å²) >= 11 is 0. The molecule has 2 aliphatic rings. The van der Waals surface area contributed by atoms with Crippen LogP contribution in [0.3, 0.4) is 0 Å². The van der Waals surface area contributed by atoms with Crippen molar-refractivity contribution in [3.8, 4) is 44.5 Å². The van der Waals surface area contributed by atoms with Crippen LogP contribution in [-0.4, -0.2) is 0 Å². The van der Waals surface area contributed by atoms with Crippen molar-refractivity contribution >= 4 is 60.5 Å². The van der Waals surface area contributed by atoms with E-state index in [9.17, 15) is 0 Å². The molecule has 2 aliphatic carbocycles. The van der Waals surface area contributed by atoms with Crippen molar-refractivity contribution in [1.29, 1.82) is 0 Å². The normalized spacial score (nSPS) is 14.2. The molecular weight excluding hydrogens is 775 g/mol. The Balaban J connectivity index is 1.13. The molecule has 64 heavy (non-hydrogen) atoms. The summed E-state index contributed by atoms with van der Waals surface area (Å²) in [5.74, 6) is 0. The van der Waals surface area contributed by atoms with Crippen LogP contribution >= 0.6 is 0 Å². The second-order valence-electron chi connectivity index (χ2n) is 18.8. The lowest BCUT2D eigenvalue weighted by molar-refractivity contribution is 0.660. The van der Waals surface area contributed by atoms with Crippen molar-refractivity contribution < 1.29 is 4.42 Å². The van der Waals surface area contributed by atoms with Crippen molar-refractivity contribution in [2.45, 2.75) is 38.5 Å². The second kappa shape index (κ2) is 13.4. The number of rotatable bonds is 5. The maximum Gasteiger partial charge on any atom is 0.137 e. The highest BCUT2D eigenvalue weighted by atomic mass is 16.3. The molecule has 304 valence electrons. The number of anilines is 3. The fourth-order valence-corrected chi connectivity index (χ4v) is 11.5. The molecule has 13 rings (SSSR count). The summed E-state index contributed by atoms with van der Waals surface area (Å²) in [5.41, 5.74) is 20.1. The van der Waals surface area contributed by atoms with E-state index >= 15 is 0 Å². The molecule has 11 aromatic rings. The molecule has 2 nitrogen and oxygen atoms in total. The minimum absolute atomic E-state index is 0.174. The van der Waals surface area contributed by atoms with E-state index in [4.69, 9.17) is 4.42 Å². The molecule has 2 heteroatoms. The maximum atomic E-state index is 6.83. The lowest BCUT2D eigenvalue weighted by atomic mass is 9.81. The minimum atomic E-state index is -0.251. The molecule has 1 aromatic heterocycles. The number of nitrogens with zero attached hydrogens (tertiary/aromatic N) is 1. The van der Waals surface area contributed by atoms with E-state index in [0.717, 1.165) is 44.6 Å². The van der Waals surface area contributed by atoms with E-state index in [2.05, 4.69) is 233 Å². The lowest BCUT2D eigenvalue weighted by Crippen LogP contribution is -2.18. The van der Waals surface area contributed by atoms with Gasteiger partial charge >= 0.3 is 0 Å². The number of hydrogen-bond donors (Lipinski definition) is 0. The monoisotopic (exact) mass is 819 g/mol. The molecule has 0 saturated carbocycles. The molecule has 0 N–H and O–H groups in total. The molecule has 0 fully saturated rings. The van der Waals surface area contributed by atoms with Gasteiger partial charge < -0.3 is 9.32 Å². The molecule has 0 spiro atoms. The fourth-order valence-electron chi connectivity index (χ4n) is 11.5. The lowest BCUT2D eigenvalue weighted by Gasteiger charge is -2.31. The molecule has 0 bridgehead atoms. The molecule has 0 radical (unpaired) electrons. The van der Waals surface area contributed by atoms with E-state index in [-0.39, 0.29) is 10.8 Å². The zero-order valence-corrected chi connectivity index (χ0v) is 36.4. The van der Waals surface area contributed by atoms with E-state index < -0.39 is 0 Å². The van der Waals surface area contributed by atoms with Gasteiger partial charge in [-0.2, -0.15) is 0 Å². The average molecular weight is 820 g/mol. The van der Waals surface area contributed by atoms with Gasteiger partial charge in [0.05, 0.1) is 11.1 Å². The average Bonchev–Trinajstić information content (AvgIpc) is 3.91. The van der Waals surface area contributed by atoms with Gasteiger partial charge in [-0.15, -0.1) is 0 Å². The summed E-state index contributed by atoms with van der Waals surface area (Å²) in [6.07, 6.45) is 0. The molecule has 0 unspecified atom stereocenters. The first-order valence-corrected chi connectivity index (χ1v) is 22.5. The Morgan fingerprint density at radius 2 is 1.02 bits per heavy atom. The number of fused-ring (bicyclic) bond motifs is 12. The zero-order chi connectivity index (χ0) is 42.9. The third-order valence-electron chi connectivity index (χ3n) is 14.6. The summed E-state index contributed by atoms with van der Waals surface area (Å²) in [7, 11) is 0. The van der Waals surface area contributed by atoms with Crippen LogP contribution in [0.15, 0.2) is 205 Å². The van der Waals surface area contributed by atoms with Gasteiger partial charge in [0.25, 0.3) is 0 Å². The standard InChI is InChI=1S/C62H45NO/c1-61(2)52-25-14-12-23-46(52)47-32-30-41(36-54(47)61)63(56-27-16-28-57-60(56)49-31-29-39(34-58(49)64-57)38-17-6-5-7-18-38)42-35-51(59-48-24-13-15-26-53(48)62(3,4)55(59)37-42)50-33-40-19-8-9-20-43(40)44-21-10-11-22-45(44)50/h5-37H,1-4H3. The minimum Gasteiger partial charge on any atom is -0.456 e. The van der Waals surface area contributed by atoms with Gasteiger partial charge in [-0.1, -0.05) is 173 Å². The first kappa shape index (κ1) is 36.9. The highest BCUT2D eigenvalue weighted by Gasteiger charge is 2.39. The van der Waals surface area contributed by atoms with Crippen LogP contribution in [-0.2, 0) is 10.8 Å². The van der Waals surface area contributed by atoms with Crippen LogP contribution in [0.5, 0.6) is 0 Å². The van der Waals surface area contributed by atoms with Crippen molar-refractivity contribution in [2.75, 3.05) is 4.90 Å². The summed E-state index contributed by atoms with van der Waals surface area (Å²) < 4.78 is 6.83. The first-order valence-electron chi connectivity index (χ1n) is 22.5. The third-order valence-corrected chi connectivity index (χ3v) is 14.6. The highest BCUT2D eigenvalue weighted by molar-refractivity contribution is 6.17. The zero-order valence-electron chi connectivity index (χ0n) is 36.4. The SMILES string of the molecule is CC1(C)c2ccccc2-c2ccc(N(c3cc(-c4cc5ccccc5c5ccccc45)c4c(c3)C(C)(C)c3ccccc3-4)c3cccc4oc5cc(-c6ccccc6)ccc5c34)cc21. The van der Waals surface area contributed by atoms with Crippen LogP contribution in [0.2, 0.25) is 0 Å². The van der Waals surface area contributed by atoms with E-state index in [1.807, 2.05) is 0 Å². The van der Waals surface area contributed by atoms with Crippen LogP contribution in [0, 0.1) is 0 Å². The van der Waals surface area contributed by atoms with Gasteiger partial charge in [0.1, 0.15) is 11.2 Å². The highest BCUT2D eigenvalue weighted by Crippen LogP contribution is 2.57. The van der Waals surface area contributed by atoms with E-state index in [1.54, 1.807) is 0 Å². The topological polar surface area (TPSA) is 16.4 Å². The molecule has 0 saturated heterocycles. The van der Waals surface area contributed by atoms with Gasteiger partial charge in [-0.05, 0) is 143 Å². The van der Waals surface area contributed by atoms with Gasteiger partial charge in [-0.3, -0.25) is 0 Å². The summed E-state index contributed by atoms with van der Waals surface area (Å²) in [4.78, 5) is 2.52. The molecule has 10 aromatic carbocycles. The first-order chi connectivity index (χ1) is 31.3. The van der Waals surface area contributed by atoms with E-state index in [0.29, 0.717) is 0 Å². The van der Waals surface area contributed by atoms with Crippen LogP contribution in [0.4, 0.5) is 17.1 Å². The van der Waals surface area contributed by atoms with E-state index in [1.165, 1.54) is 82.7 Å². The molecule has 0 atom stereocenters. The second-order valence-corrected chi connectivity index (χ2v) is 18.8. The van der Waals surface area contributed by atoms with Crippen molar-refractivity contribution in [3.63, 3.8) is 0 Å². The molecule has 0 aliphatic heterocycles. The Labute approximate surface area is 373 Å². The molecule has 0 amide bonds. The maximum absolute atomic E-state index is 6.83. The Hall–Kier alpha value is -7.68. The predicted molar refractivity (Wildman–Crippen MR) is 269 cm³/mol. The van der Waals surface area contributed by atoms with Crippen LogP contribution in [0.25, 0.3) is 88.0 Å². The number of benzene rings is 10. The summed E-state index contributed by atoms with van der Waals surface area (Å²) in [6, 6.07) is 74.2. The number of hydrogen-bond acceptors (Lipinski definition) is 2. The predicted octanol–water partition coefficient (Wildman–Crippen LogP) is 17.3. The quantitative estimate of drug-likeness (QED) is 0.161. The van der Waals surface area contributed by atoms with Crippen LogP contribution in [0.1, 0.15) is 49.9 Å². The Morgan fingerprint density at radius 1 is 0.359 bits per heavy atom. The fraction of sp³-hybridized carbons (Fsp3) is 0.0968. The number of furan rings is 1. The van der Waals surface area contributed by atoms with Crippen LogP contribution < -0.4 is 4.90 Å². The summed E-state index contributed by atoms with van der Waals surface area (Å²) in [6.45, 7) is 9.55. The van der Waals surface area contributed by atoms with Gasteiger partial charge in [0, 0.05) is 27.6 Å². The van der Waals surface area contributed by atoms with Gasteiger partial charge in [0.15, 0.2) is 0 Å². The van der Waals surface area contributed by atoms with Gasteiger partial charge in [-0.25, -0.2) is 0 Å². The largest absolute Gasteiger partial charge is 0.456 e. The van der Waals surface area contributed by atoms with Gasteiger partial charge in [0.2, 0.25) is 0 Å². The van der Waals surface area contributed by atoms with Crippen molar-refractivity contribution in [2.24, 2.45) is 0 Å². The summed E-state index contributed by atoms with van der Waals surface area (Å²) in [5, 5.41) is 7.22. The Kier molecular flexibility index (Phi) is 7.74. The Morgan fingerprint density at radius 3 is 1.84 bits per heavy atom. The van der Waals surface area contributed by atoms with Crippen molar-refractivity contribution in [3.05, 3.63) is 222 Å². The third kappa shape index (κ3) is 5.20.